The molecule has 15 heavy (non-hydrogen) atoms. The van der Waals surface area contributed by atoms with Gasteiger partial charge in [0.05, 0.1) is 0 Å². The van der Waals surface area contributed by atoms with Crippen molar-refractivity contribution in [2.75, 3.05) is 0 Å². The third kappa shape index (κ3) is 4.80. The maximum Gasteiger partial charge on any atom is 0.0216 e. The molecular formula is C13H23NS. The van der Waals surface area contributed by atoms with Gasteiger partial charge in [-0.15, -0.1) is 0 Å². The number of thiophene rings is 1. The topological polar surface area (TPSA) is 12.0 Å². The molecule has 0 amide bonds. The van der Waals surface area contributed by atoms with Gasteiger partial charge in [-0.3, -0.25) is 0 Å². The number of nitrogens with one attached hydrogen (secondary N) is 1. The first-order valence-corrected chi connectivity index (χ1v) is 6.95. The molecule has 0 aromatic carbocycles. The van der Waals surface area contributed by atoms with Crippen LogP contribution in [0.1, 0.15) is 45.6 Å². The third-order valence-corrected chi connectivity index (χ3v) is 3.78. The second-order valence-electron chi connectivity index (χ2n) is 4.37. The molecule has 0 aliphatic rings. The maximum absolute atomic E-state index is 3.64. The van der Waals surface area contributed by atoms with Gasteiger partial charge in [-0.2, -0.15) is 11.3 Å². The molecule has 1 nitrogen and oxygen atoms in total. The summed E-state index contributed by atoms with van der Waals surface area (Å²) in [5.41, 5.74) is 1.42. The smallest absolute Gasteiger partial charge is 0.0216 e. The fourth-order valence-electron chi connectivity index (χ4n) is 1.70. The van der Waals surface area contributed by atoms with Crippen LogP contribution in [0.15, 0.2) is 16.8 Å². The standard InChI is InChI=1S/C13H23NS/c1-4-11(3)8-13(5-2)14-9-12-6-7-15-10-12/h6-7,10-11,13-14H,4-5,8-9H2,1-3H3. The molecule has 1 aromatic heterocycles. The van der Waals surface area contributed by atoms with E-state index in [2.05, 4.69) is 42.9 Å². The molecule has 0 bridgehead atoms. The molecule has 0 spiro atoms. The first-order valence-electron chi connectivity index (χ1n) is 6.00. The summed E-state index contributed by atoms with van der Waals surface area (Å²) >= 11 is 1.78. The van der Waals surface area contributed by atoms with Crippen molar-refractivity contribution in [1.29, 1.82) is 0 Å². The van der Waals surface area contributed by atoms with Gasteiger partial charge in [-0.25, -0.2) is 0 Å². The molecule has 0 aliphatic heterocycles. The lowest BCUT2D eigenvalue weighted by Crippen LogP contribution is -2.29. The Kier molecular flexibility index (Phi) is 5.96. The molecule has 2 unspecified atom stereocenters. The van der Waals surface area contributed by atoms with Crippen LogP contribution in [-0.2, 0) is 6.54 Å². The second-order valence-corrected chi connectivity index (χ2v) is 5.15. The summed E-state index contributed by atoms with van der Waals surface area (Å²) in [5, 5.41) is 8.01. The van der Waals surface area contributed by atoms with E-state index in [1.165, 1.54) is 24.8 Å². The molecule has 0 fully saturated rings. The van der Waals surface area contributed by atoms with E-state index in [1.54, 1.807) is 11.3 Å². The average molecular weight is 225 g/mol. The van der Waals surface area contributed by atoms with Crippen LogP contribution in [-0.4, -0.2) is 6.04 Å². The van der Waals surface area contributed by atoms with Crippen LogP contribution in [0.3, 0.4) is 0 Å². The zero-order chi connectivity index (χ0) is 11.1. The zero-order valence-corrected chi connectivity index (χ0v) is 10.9. The fourth-order valence-corrected chi connectivity index (χ4v) is 2.37. The van der Waals surface area contributed by atoms with E-state index in [-0.39, 0.29) is 0 Å². The van der Waals surface area contributed by atoms with Crippen LogP contribution in [0, 0.1) is 5.92 Å². The lowest BCUT2D eigenvalue weighted by atomic mass is 9.98. The number of hydrogen-bond acceptors (Lipinski definition) is 2. The zero-order valence-electron chi connectivity index (χ0n) is 10.1. The SMILES string of the molecule is CCC(C)CC(CC)NCc1ccsc1. The summed E-state index contributed by atoms with van der Waals surface area (Å²) in [7, 11) is 0. The average Bonchev–Trinajstić information content (AvgIpc) is 2.76. The van der Waals surface area contributed by atoms with Crippen molar-refractivity contribution in [3.05, 3.63) is 22.4 Å². The Hall–Kier alpha value is -0.340. The highest BCUT2D eigenvalue weighted by Crippen LogP contribution is 2.13. The van der Waals surface area contributed by atoms with Crippen molar-refractivity contribution >= 4 is 11.3 Å². The Morgan fingerprint density at radius 2 is 2.13 bits per heavy atom. The van der Waals surface area contributed by atoms with Gasteiger partial charge in [0.15, 0.2) is 0 Å². The molecule has 1 heterocycles. The molecule has 86 valence electrons. The van der Waals surface area contributed by atoms with Crippen molar-refractivity contribution in [1.82, 2.24) is 5.32 Å². The van der Waals surface area contributed by atoms with Crippen LogP contribution in [0.25, 0.3) is 0 Å². The van der Waals surface area contributed by atoms with Gasteiger partial charge < -0.3 is 5.32 Å². The minimum absolute atomic E-state index is 0.680. The van der Waals surface area contributed by atoms with E-state index in [0.29, 0.717) is 6.04 Å². The minimum Gasteiger partial charge on any atom is -0.310 e. The first-order chi connectivity index (χ1) is 7.26. The highest BCUT2D eigenvalue weighted by Gasteiger charge is 2.09. The van der Waals surface area contributed by atoms with Gasteiger partial charge in [0.2, 0.25) is 0 Å². The monoisotopic (exact) mass is 225 g/mol. The molecule has 2 atom stereocenters. The Morgan fingerprint density at radius 3 is 2.67 bits per heavy atom. The molecule has 0 saturated carbocycles. The first kappa shape index (κ1) is 12.7. The van der Waals surface area contributed by atoms with Crippen molar-refractivity contribution in [2.24, 2.45) is 5.92 Å². The van der Waals surface area contributed by atoms with Gasteiger partial charge in [-0.1, -0.05) is 27.2 Å². The van der Waals surface area contributed by atoms with Crippen LogP contribution < -0.4 is 5.32 Å². The summed E-state index contributed by atoms with van der Waals surface area (Å²) in [5.74, 6) is 0.838. The molecule has 0 saturated heterocycles. The molecule has 1 aromatic rings. The quantitative estimate of drug-likeness (QED) is 0.738. The summed E-state index contributed by atoms with van der Waals surface area (Å²) in [6, 6.07) is 2.88. The van der Waals surface area contributed by atoms with E-state index in [9.17, 15) is 0 Å². The van der Waals surface area contributed by atoms with Gasteiger partial charge in [-0.05, 0) is 41.1 Å². The van der Waals surface area contributed by atoms with Gasteiger partial charge in [0, 0.05) is 12.6 Å². The van der Waals surface area contributed by atoms with Crippen LogP contribution in [0.2, 0.25) is 0 Å². The van der Waals surface area contributed by atoms with Crippen molar-refractivity contribution in [2.45, 2.75) is 52.6 Å². The number of hydrogen-bond donors (Lipinski definition) is 1. The summed E-state index contributed by atoms with van der Waals surface area (Å²) in [6.07, 6.45) is 3.82. The fraction of sp³-hybridized carbons (Fsp3) is 0.692. The van der Waals surface area contributed by atoms with E-state index < -0.39 is 0 Å². The van der Waals surface area contributed by atoms with Crippen LogP contribution in [0.5, 0.6) is 0 Å². The second kappa shape index (κ2) is 7.02. The summed E-state index contributed by atoms with van der Waals surface area (Å²) < 4.78 is 0. The summed E-state index contributed by atoms with van der Waals surface area (Å²) in [6.45, 7) is 7.91. The predicted octanol–water partition coefficient (Wildman–Crippen LogP) is 4.05. The molecule has 1 rings (SSSR count). The van der Waals surface area contributed by atoms with Crippen LogP contribution in [0.4, 0.5) is 0 Å². The van der Waals surface area contributed by atoms with Crippen molar-refractivity contribution < 1.29 is 0 Å². The van der Waals surface area contributed by atoms with Crippen molar-refractivity contribution in [3.63, 3.8) is 0 Å². The van der Waals surface area contributed by atoms with E-state index in [0.717, 1.165) is 12.5 Å². The Balaban J connectivity index is 2.27. The van der Waals surface area contributed by atoms with Crippen molar-refractivity contribution in [3.8, 4) is 0 Å². The van der Waals surface area contributed by atoms with Gasteiger partial charge in [0.25, 0.3) is 0 Å². The van der Waals surface area contributed by atoms with Gasteiger partial charge in [0.1, 0.15) is 0 Å². The normalized spacial score (nSPS) is 15.1. The Morgan fingerprint density at radius 1 is 1.33 bits per heavy atom. The van der Waals surface area contributed by atoms with E-state index >= 15 is 0 Å². The lowest BCUT2D eigenvalue weighted by Gasteiger charge is -2.20. The molecule has 0 aliphatic carbocycles. The molecule has 1 N–H and O–H groups in total. The Bertz CT molecular complexity index is 243. The molecule has 0 radical (unpaired) electrons. The largest absolute Gasteiger partial charge is 0.310 e. The predicted molar refractivity (Wildman–Crippen MR) is 69.3 cm³/mol. The summed E-state index contributed by atoms with van der Waals surface area (Å²) in [4.78, 5) is 0. The Labute approximate surface area is 97.9 Å². The minimum atomic E-state index is 0.680. The number of rotatable bonds is 7. The van der Waals surface area contributed by atoms with E-state index in [4.69, 9.17) is 0 Å². The van der Waals surface area contributed by atoms with Crippen LogP contribution >= 0.6 is 11.3 Å². The van der Waals surface area contributed by atoms with E-state index in [1.807, 2.05) is 0 Å². The highest BCUT2D eigenvalue weighted by atomic mass is 32.1. The lowest BCUT2D eigenvalue weighted by molar-refractivity contribution is 0.384. The molecule has 2 heteroatoms. The maximum atomic E-state index is 3.64. The third-order valence-electron chi connectivity index (χ3n) is 3.05. The molecular weight excluding hydrogens is 202 g/mol. The van der Waals surface area contributed by atoms with Gasteiger partial charge >= 0.3 is 0 Å². The highest BCUT2D eigenvalue weighted by molar-refractivity contribution is 7.07.